The van der Waals surface area contributed by atoms with Gasteiger partial charge in [-0.05, 0) is 40.1 Å². The van der Waals surface area contributed by atoms with Gasteiger partial charge >= 0.3 is 0 Å². The zero-order valence-corrected chi connectivity index (χ0v) is 18.0. The molecule has 2 unspecified atom stereocenters. The van der Waals surface area contributed by atoms with Crippen LogP contribution < -0.4 is 10.6 Å². The van der Waals surface area contributed by atoms with E-state index in [9.17, 15) is 5.11 Å². The van der Waals surface area contributed by atoms with Gasteiger partial charge in [-0.15, -0.1) is 24.0 Å². The Morgan fingerprint density at radius 2 is 2.16 bits per heavy atom. The van der Waals surface area contributed by atoms with Crippen molar-refractivity contribution in [1.82, 2.24) is 20.4 Å². The number of halogens is 1. The molecule has 0 spiro atoms. The number of rotatable bonds is 6. The van der Waals surface area contributed by atoms with E-state index in [-0.39, 0.29) is 30.5 Å². The lowest BCUT2D eigenvalue weighted by Crippen LogP contribution is -2.55. The second-order valence-corrected chi connectivity index (χ2v) is 6.72. The first kappa shape index (κ1) is 22.2. The summed E-state index contributed by atoms with van der Waals surface area (Å²) in [6, 6.07) is 3.98. The molecule has 144 valence electrons. The molecule has 8 heteroatoms. The molecule has 0 aromatic carbocycles. The van der Waals surface area contributed by atoms with Crippen molar-refractivity contribution in [2.45, 2.75) is 25.5 Å². The molecule has 2 heterocycles. The van der Waals surface area contributed by atoms with Crippen molar-refractivity contribution in [3.8, 4) is 0 Å². The highest BCUT2D eigenvalue weighted by Gasteiger charge is 2.26. The molecular weight excluding hydrogens is 433 g/mol. The molecule has 1 aromatic heterocycles. The van der Waals surface area contributed by atoms with E-state index in [2.05, 4.69) is 39.5 Å². The van der Waals surface area contributed by atoms with Crippen molar-refractivity contribution in [1.29, 1.82) is 0 Å². The van der Waals surface area contributed by atoms with Crippen LogP contribution in [0.25, 0.3) is 0 Å². The van der Waals surface area contributed by atoms with E-state index in [1.54, 1.807) is 25.3 Å². The van der Waals surface area contributed by atoms with E-state index in [0.29, 0.717) is 17.8 Å². The van der Waals surface area contributed by atoms with E-state index >= 15 is 0 Å². The Kier molecular flexibility index (Phi) is 9.19. The topological polar surface area (TPSA) is 76.3 Å². The molecular formula is C17H32IN5O2. The molecule has 2 atom stereocenters. The number of aliphatic hydroxyl groups is 1. The summed E-state index contributed by atoms with van der Waals surface area (Å²) in [5.41, 5.74) is -1.12. The lowest BCUT2D eigenvalue weighted by molar-refractivity contribution is 0.0436. The maximum absolute atomic E-state index is 10.5. The van der Waals surface area contributed by atoms with Gasteiger partial charge < -0.3 is 25.1 Å². The largest absolute Gasteiger partial charge is 0.466 e. The van der Waals surface area contributed by atoms with E-state index in [1.165, 1.54) is 0 Å². The zero-order valence-electron chi connectivity index (χ0n) is 15.7. The Bertz CT molecular complexity index is 521. The second kappa shape index (κ2) is 10.3. The Hall–Kier alpha value is -0.840. The number of nitrogens with one attached hydrogen (secondary N) is 2. The molecule has 25 heavy (non-hydrogen) atoms. The van der Waals surface area contributed by atoms with E-state index in [0.717, 1.165) is 32.7 Å². The Balaban J connectivity index is 0.00000312. The molecule has 1 aromatic rings. The summed E-state index contributed by atoms with van der Waals surface area (Å²) in [6.07, 6.45) is 1.56. The van der Waals surface area contributed by atoms with Gasteiger partial charge in [0.1, 0.15) is 11.4 Å². The minimum Gasteiger partial charge on any atom is -0.466 e. The number of likely N-dealkylation sites (N-methyl/N-ethyl adjacent to an activating group) is 2. The normalized spacial score (nSPS) is 22.1. The lowest BCUT2D eigenvalue weighted by atomic mass is 10.0. The summed E-state index contributed by atoms with van der Waals surface area (Å²) >= 11 is 0. The van der Waals surface area contributed by atoms with Gasteiger partial charge in [-0.25, -0.2) is 4.99 Å². The second-order valence-electron chi connectivity index (χ2n) is 6.72. The molecule has 0 amide bonds. The van der Waals surface area contributed by atoms with Gasteiger partial charge in [-0.2, -0.15) is 0 Å². The monoisotopic (exact) mass is 465 g/mol. The molecule has 1 fully saturated rings. The predicted octanol–water partition coefficient (Wildman–Crippen LogP) is 0.906. The van der Waals surface area contributed by atoms with Crippen LogP contribution in [0.1, 0.15) is 19.6 Å². The summed E-state index contributed by atoms with van der Waals surface area (Å²) in [6.45, 7) is 8.77. The fourth-order valence-electron chi connectivity index (χ4n) is 2.77. The van der Waals surface area contributed by atoms with Crippen LogP contribution in [0.5, 0.6) is 0 Å². The number of aliphatic imine (C=N–C) groups is 1. The fourth-order valence-corrected chi connectivity index (χ4v) is 2.77. The number of furan rings is 1. The van der Waals surface area contributed by atoms with Crippen molar-refractivity contribution >= 4 is 29.9 Å². The van der Waals surface area contributed by atoms with E-state index in [1.807, 2.05) is 6.92 Å². The molecule has 0 saturated carbocycles. The minimum atomic E-state index is -1.12. The summed E-state index contributed by atoms with van der Waals surface area (Å²) in [7, 11) is 4.31. The van der Waals surface area contributed by atoms with Crippen molar-refractivity contribution in [3.05, 3.63) is 24.2 Å². The SMILES string of the molecule is CCNC(=NCC(C)(O)c1ccco1)NCC1CN(C)CCN1C.I. The highest BCUT2D eigenvalue weighted by atomic mass is 127. The number of hydrogen-bond donors (Lipinski definition) is 3. The summed E-state index contributed by atoms with van der Waals surface area (Å²) < 4.78 is 5.30. The maximum atomic E-state index is 10.5. The van der Waals surface area contributed by atoms with Crippen molar-refractivity contribution in [3.63, 3.8) is 0 Å². The Morgan fingerprint density at radius 1 is 1.40 bits per heavy atom. The summed E-state index contributed by atoms with van der Waals surface area (Å²) in [4.78, 5) is 9.24. The lowest BCUT2D eigenvalue weighted by Gasteiger charge is -2.38. The van der Waals surface area contributed by atoms with Gasteiger partial charge in [-0.3, -0.25) is 4.90 Å². The molecule has 0 bridgehead atoms. The standard InChI is InChI=1S/C17H31N5O2.HI/c1-5-18-16(19-11-14-12-21(3)8-9-22(14)4)20-13-17(2,23)15-7-6-10-24-15;/h6-7,10,14,23H,5,8-9,11-13H2,1-4H3,(H2,18,19,20);1H. The van der Waals surface area contributed by atoms with Gasteiger partial charge in [0.2, 0.25) is 0 Å². The molecule has 1 saturated heterocycles. The minimum absolute atomic E-state index is 0. The molecule has 1 aliphatic rings. The molecule has 0 radical (unpaired) electrons. The quantitative estimate of drug-likeness (QED) is 0.330. The van der Waals surface area contributed by atoms with Crippen LogP contribution in [-0.4, -0.2) is 80.3 Å². The highest BCUT2D eigenvalue weighted by Crippen LogP contribution is 2.21. The van der Waals surface area contributed by atoms with E-state index < -0.39 is 5.60 Å². The van der Waals surface area contributed by atoms with Gasteiger partial charge in [0.15, 0.2) is 5.96 Å². The van der Waals surface area contributed by atoms with Crippen LogP contribution in [0.2, 0.25) is 0 Å². The van der Waals surface area contributed by atoms with Crippen LogP contribution in [0.4, 0.5) is 0 Å². The Labute approximate surface area is 167 Å². The molecule has 7 nitrogen and oxygen atoms in total. The molecule has 1 aliphatic heterocycles. The first-order valence-electron chi connectivity index (χ1n) is 8.59. The predicted molar refractivity (Wildman–Crippen MR) is 112 cm³/mol. The molecule has 3 N–H and O–H groups in total. The third kappa shape index (κ3) is 6.76. The first-order chi connectivity index (χ1) is 11.4. The van der Waals surface area contributed by atoms with Crippen molar-refractivity contribution in [2.24, 2.45) is 4.99 Å². The van der Waals surface area contributed by atoms with Gasteiger partial charge in [0, 0.05) is 38.8 Å². The van der Waals surface area contributed by atoms with Crippen LogP contribution in [0.3, 0.4) is 0 Å². The van der Waals surface area contributed by atoms with Crippen LogP contribution in [0.15, 0.2) is 27.8 Å². The van der Waals surface area contributed by atoms with E-state index in [4.69, 9.17) is 4.42 Å². The Morgan fingerprint density at radius 3 is 2.80 bits per heavy atom. The van der Waals surface area contributed by atoms with Crippen molar-refractivity contribution < 1.29 is 9.52 Å². The third-order valence-electron chi connectivity index (χ3n) is 4.43. The third-order valence-corrected chi connectivity index (χ3v) is 4.43. The summed E-state index contributed by atoms with van der Waals surface area (Å²) in [5.74, 6) is 1.24. The first-order valence-corrected chi connectivity index (χ1v) is 8.59. The average molecular weight is 465 g/mol. The van der Waals surface area contributed by atoms with Gasteiger partial charge in [0.25, 0.3) is 0 Å². The molecule has 2 rings (SSSR count). The van der Waals surface area contributed by atoms with Crippen LogP contribution >= 0.6 is 24.0 Å². The fraction of sp³-hybridized carbons (Fsp3) is 0.706. The van der Waals surface area contributed by atoms with Crippen molar-refractivity contribution in [2.75, 3.05) is 53.4 Å². The average Bonchev–Trinajstić information content (AvgIpc) is 3.08. The smallest absolute Gasteiger partial charge is 0.191 e. The zero-order chi connectivity index (χ0) is 17.6. The highest BCUT2D eigenvalue weighted by molar-refractivity contribution is 14.0. The maximum Gasteiger partial charge on any atom is 0.191 e. The van der Waals surface area contributed by atoms with Gasteiger partial charge in [-0.1, -0.05) is 0 Å². The van der Waals surface area contributed by atoms with Gasteiger partial charge in [0.05, 0.1) is 12.8 Å². The van der Waals surface area contributed by atoms with Crippen LogP contribution in [-0.2, 0) is 5.60 Å². The summed E-state index contributed by atoms with van der Waals surface area (Å²) in [5, 5.41) is 17.1. The van der Waals surface area contributed by atoms with Crippen LogP contribution in [0, 0.1) is 0 Å². The number of nitrogens with zero attached hydrogens (tertiary/aromatic N) is 3. The number of hydrogen-bond acceptors (Lipinski definition) is 5. The number of piperazine rings is 1. The number of guanidine groups is 1. The molecule has 0 aliphatic carbocycles.